The molecule has 1 aromatic rings. The summed E-state index contributed by atoms with van der Waals surface area (Å²) in [5.74, 6) is -2.29. The summed E-state index contributed by atoms with van der Waals surface area (Å²) < 4.78 is 0. The third kappa shape index (κ3) is 3.58. The number of carbonyl (C=O) groups is 3. The van der Waals surface area contributed by atoms with Crippen molar-refractivity contribution in [3.8, 4) is 0 Å². The monoisotopic (exact) mass is 324 g/mol. The third-order valence-corrected chi connectivity index (χ3v) is 4.40. The van der Waals surface area contributed by atoms with E-state index < -0.39 is 36.5 Å². The molecule has 7 nitrogen and oxygen atoms in total. The van der Waals surface area contributed by atoms with Gasteiger partial charge in [-0.15, -0.1) is 11.8 Å². The number of carboxylic acids is 2. The maximum atomic E-state index is 12.6. The van der Waals surface area contributed by atoms with Gasteiger partial charge in [0.15, 0.2) is 0 Å². The van der Waals surface area contributed by atoms with Crippen LogP contribution in [0.1, 0.15) is 6.92 Å². The Morgan fingerprint density at radius 2 is 2.09 bits per heavy atom. The molecule has 2 rings (SSSR count). The molecule has 0 aliphatic carbocycles. The van der Waals surface area contributed by atoms with Gasteiger partial charge in [-0.2, -0.15) is 0 Å². The smallest absolute Gasteiger partial charge is 0.323 e. The molecule has 0 spiro atoms. The van der Waals surface area contributed by atoms with Crippen LogP contribution in [0.2, 0.25) is 0 Å². The lowest BCUT2D eigenvalue weighted by Gasteiger charge is -2.25. The summed E-state index contributed by atoms with van der Waals surface area (Å²) >= 11 is 1.40. The van der Waals surface area contributed by atoms with Crippen molar-refractivity contribution in [3.63, 3.8) is 0 Å². The molecule has 2 atom stereocenters. The fourth-order valence-electron chi connectivity index (χ4n) is 2.14. The number of carboxylic acid groups (broad SMARTS) is 2. The molecule has 8 heteroatoms. The zero-order valence-electron chi connectivity index (χ0n) is 11.9. The number of benzene rings is 1. The second kappa shape index (κ2) is 6.80. The van der Waals surface area contributed by atoms with Crippen LogP contribution in [-0.4, -0.2) is 52.4 Å². The van der Waals surface area contributed by atoms with E-state index in [4.69, 9.17) is 10.2 Å². The van der Waals surface area contributed by atoms with Crippen LogP contribution >= 0.6 is 11.8 Å². The number of nitrogens with one attached hydrogen (secondary N) is 1. The number of para-hydroxylation sites is 1. The Bertz CT molecular complexity index is 607. The predicted molar refractivity (Wildman–Crippen MR) is 81.2 cm³/mol. The van der Waals surface area contributed by atoms with Gasteiger partial charge >= 0.3 is 11.9 Å². The number of rotatable bonds is 5. The first kappa shape index (κ1) is 16.3. The first-order valence-electron chi connectivity index (χ1n) is 6.64. The predicted octanol–water partition coefficient (Wildman–Crippen LogP) is 0.641. The van der Waals surface area contributed by atoms with Crippen LogP contribution in [0.5, 0.6) is 0 Å². The van der Waals surface area contributed by atoms with Crippen molar-refractivity contribution < 1.29 is 24.6 Å². The lowest BCUT2D eigenvalue weighted by molar-refractivity contribution is -0.140. The largest absolute Gasteiger partial charge is 0.480 e. The van der Waals surface area contributed by atoms with Crippen molar-refractivity contribution in [2.45, 2.75) is 23.9 Å². The van der Waals surface area contributed by atoms with E-state index in [1.165, 1.54) is 23.6 Å². The maximum absolute atomic E-state index is 12.6. The molecule has 1 amide bonds. The molecule has 0 fully saturated rings. The average molecular weight is 324 g/mol. The normalized spacial score (nSPS) is 19.2. The van der Waals surface area contributed by atoms with Crippen LogP contribution < -0.4 is 10.2 Å². The average Bonchev–Trinajstić information content (AvgIpc) is 2.59. The summed E-state index contributed by atoms with van der Waals surface area (Å²) in [7, 11) is 0. The van der Waals surface area contributed by atoms with Gasteiger partial charge in [0, 0.05) is 10.6 Å². The van der Waals surface area contributed by atoms with Gasteiger partial charge in [0.05, 0.1) is 11.7 Å². The SMILES string of the molecule is CC(NC1CSc2ccccc2N(CC(=O)O)C1=O)C(=O)O. The van der Waals surface area contributed by atoms with E-state index in [1.807, 2.05) is 12.1 Å². The standard InChI is InChI=1S/C14H16N2O5S/c1-8(14(20)21)15-9-7-22-11-5-3-2-4-10(11)16(13(9)19)6-12(17)18/h2-5,8-9,15H,6-7H2,1H3,(H,17,18)(H,20,21). The van der Waals surface area contributed by atoms with E-state index in [0.717, 1.165) is 4.90 Å². The molecular weight excluding hydrogens is 308 g/mol. The van der Waals surface area contributed by atoms with Gasteiger partial charge in [0.1, 0.15) is 12.6 Å². The van der Waals surface area contributed by atoms with Gasteiger partial charge in [-0.25, -0.2) is 0 Å². The summed E-state index contributed by atoms with van der Waals surface area (Å²) in [5.41, 5.74) is 0.534. The van der Waals surface area contributed by atoms with E-state index in [1.54, 1.807) is 12.1 Å². The Morgan fingerprint density at radius 1 is 1.41 bits per heavy atom. The number of thioether (sulfide) groups is 1. The lowest BCUT2D eigenvalue weighted by Crippen LogP contribution is -2.52. The Kier molecular flexibility index (Phi) is 5.04. The van der Waals surface area contributed by atoms with Gasteiger partial charge in [-0.3, -0.25) is 24.6 Å². The third-order valence-electron chi connectivity index (χ3n) is 3.24. The van der Waals surface area contributed by atoms with Crippen molar-refractivity contribution in [2.24, 2.45) is 0 Å². The van der Waals surface area contributed by atoms with Crippen molar-refractivity contribution in [2.75, 3.05) is 17.2 Å². The molecule has 0 bridgehead atoms. The molecule has 1 aliphatic heterocycles. The number of amides is 1. The fraction of sp³-hybridized carbons (Fsp3) is 0.357. The maximum Gasteiger partial charge on any atom is 0.323 e. The van der Waals surface area contributed by atoms with Gasteiger partial charge in [-0.05, 0) is 19.1 Å². The van der Waals surface area contributed by atoms with Crippen molar-refractivity contribution in [3.05, 3.63) is 24.3 Å². The molecule has 3 N–H and O–H groups in total. The van der Waals surface area contributed by atoms with E-state index >= 15 is 0 Å². The second-order valence-corrected chi connectivity index (χ2v) is 5.94. The second-order valence-electron chi connectivity index (χ2n) is 4.88. The van der Waals surface area contributed by atoms with Crippen LogP contribution in [0.15, 0.2) is 29.2 Å². The molecule has 0 saturated carbocycles. The number of hydrogen-bond donors (Lipinski definition) is 3. The highest BCUT2D eigenvalue weighted by Crippen LogP contribution is 2.34. The molecule has 22 heavy (non-hydrogen) atoms. The fourth-order valence-corrected chi connectivity index (χ4v) is 3.23. The van der Waals surface area contributed by atoms with Crippen LogP contribution in [0.4, 0.5) is 5.69 Å². The summed E-state index contributed by atoms with van der Waals surface area (Å²) in [6.07, 6.45) is 0. The first-order chi connectivity index (χ1) is 10.4. The first-order valence-corrected chi connectivity index (χ1v) is 7.62. The number of anilines is 1. The topological polar surface area (TPSA) is 107 Å². The number of nitrogens with zero attached hydrogens (tertiary/aromatic N) is 1. The number of hydrogen-bond acceptors (Lipinski definition) is 5. The van der Waals surface area contributed by atoms with Crippen LogP contribution in [0.25, 0.3) is 0 Å². The van der Waals surface area contributed by atoms with Gasteiger partial charge in [0.2, 0.25) is 5.91 Å². The minimum absolute atomic E-state index is 0.337. The van der Waals surface area contributed by atoms with E-state index in [-0.39, 0.29) is 0 Å². The Balaban J connectivity index is 2.31. The highest BCUT2D eigenvalue weighted by Gasteiger charge is 2.33. The van der Waals surface area contributed by atoms with Crippen molar-refractivity contribution >= 4 is 35.3 Å². The molecule has 0 aromatic heterocycles. The molecular formula is C14H16N2O5S. The van der Waals surface area contributed by atoms with Crippen LogP contribution in [0, 0.1) is 0 Å². The summed E-state index contributed by atoms with van der Waals surface area (Å²) in [5, 5.41) is 20.7. The van der Waals surface area contributed by atoms with Crippen LogP contribution in [0.3, 0.4) is 0 Å². The van der Waals surface area contributed by atoms with Crippen molar-refractivity contribution in [1.29, 1.82) is 0 Å². The molecule has 0 saturated heterocycles. The Labute approximate surface area is 131 Å². The zero-order chi connectivity index (χ0) is 16.3. The highest BCUT2D eigenvalue weighted by molar-refractivity contribution is 7.99. The van der Waals surface area contributed by atoms with E-state index in [0.29, 0.717) is 11.4 Å². The van der Waals surface area contributed by atoms with Gasteiger partial charge in [0.25, 0.3) is 0 Å². The van der Waals surface area contributed by atoms with E-state index in [9.17, 15) is 14.4 Å². The molecule has 1 heterocycles. The number of fused-ring (bicyclic) bond motifs is 1. The Hall–Kier alpha value is -2.06. The molecule has 118 valence electrons. The molecule has 0 radical (unpaired) electrons. The van der Waals surface area contributed by atoms with Gasteiger partial charge in [-0.1, -0.05) is 12.1 Å². The summed E-state index contributed by atoms with van der Waals surface area (Å²) in [4.78, 5) is 36.6. The Morgan fingerprint density at radius 3 is 2.73 bits per heavy atom. The number of carbonyl (C=O) groups excluding carboxylic acids is 1. The molecule has 1 aromatic carbocycles. The minimum Gasteiger partial charge on any atom is -0.480 e. The van der Waals surface area contributed by atoms with Gasteiger partial charge < -0.3 is 10.2 Å². The summed E-state index contributed by atoms with van der Waals surface area (Å²) in [6.45, 7) is 0.982. The minimum atomic E-state index is -1.12. The molecule has 1 aliphatic rings. The zero-order valence-corrected chi connectivity index (χ0v) is 12.7. The number of aliphatic carboxylic acids is 2. The quantitative estimate of drug-likeness (QED) is 0.729. The van der Waals surface area contributed by atoms with Crippen molar-refractivity contribution in [1.82, 2.24) is 5.32 Å². The highest BCUT2D eigenvalue weighted by atomic mass is 32.2. The molecule has 2 unspecified atom stereocenters. The lowest BCUT2D eigenvalue weighted by atomic mass is 10.2. The van der Waals surface area contributed by atoms with E-state index in [2.05, 4.69) is 5.32 Å². The van der Waals surface area contributed by atoms with Crippen LogP contribution in [-0.2, 0) is 14.4 Å². The summed E-state index contributed by atoms with van der Waals surface area (Å²) in [6, 6.07) is 5.38.